The molecule has 40 heavy (non-hydrogen) atoms. The molecule has 1 fully saturated rings. The van der Waals surface area contributed by atoms with Crippen molar-refractivity contribution in [3.05, 3.63) is 103 Å². The van der Waals surface area contributed by atoms with Gasteiger partial charge in [-0.3, -0.25) is 4.31 Å². The molecule has 1 N–H and O–H groups in total. The van der Waals surface area contributed by atoms with Crippen LogP contribution in [0.3, 0.4) is 0 Å². The van der Waals surface area contributed by atoms with Gasteiger partial charge in [0.15, 0.2) is 5.54 Å². The van der Waals surface area contributed by atoms with Crippen molar-refractivity contribution in [3.63, 3.8) is 0 Å². The fourth-order valence-electron chi connectivity index (χ4n) is 5.07. The van der Waals surface area contributed by atoms with Gasteiger partial charge in [0, 0.05) is 12.3 Å². The van der Waals surface area contributed by atoms with Crippen LogP contribution >= 0.6 is 0 Å². The molecule has 8 nitrogen and oxygen atoms in total. The molecule has 0 heterocycles. The van der Waals surface area contributed by atoms with Crippen LogP contribution in [0.4, 0.5) is 4.39 Å². The minimum Gasteiger partial charge on any atom is -0.479 e. The molecular weight excluding hydrogens is 537 g/mol. The molecule has 3 aromatic carbocycles. The molecule has 0 spiro atoms. The Bertz CT molecular complexity index is 1460. The van der Waals surface area contributed by atoms with Gasteiger partial charge < -0.3 is 14.6 Å². The Morgan fingerprint density at radius 1 is 1.02 bits per heavy atom. The molecule has 0 radical (unpaired) electrons. The summed E-state index contributed by atoms with van der Waals surface area (Å²) in [5.41, 5.74) is -0.949. The van der Waals surface area contributed by atoms with Crippen molar-refractivity contribution in [2.75, 3.05) is 6.61 Å². The Balaban J connectivity index is 1.73. The van der Waals surface area contributed by atoms with Crippen molar-refractivity contribution < 1.29 is 37.0 Å². The smallest absolute Gasteiger partial charge is 0.332 e. The number of sulfonamides is 1. The number of ether oxygens (including phenoxy) is 2. The molecule has 1 aliphatic rings. The minimum atomic E-state index is -4.47. The summed E-state index contributed by atoms with van der Waals surface area (Å²) in [5.74, 6) is -2.40. The van der Waals surface area contributed by atoms with Crippen LogP contribution in [0.25, 0.3) is 0 Å². The van der Waals surface area contributed by atoms with Gasteiger partial charge in [0.1, 0.15) is 17.3 Å². The maximum absolute atomic E-state index is 14.1. The van der Waals surface area contributed by atoms with Crippen molar-refractivity contribution in [2.45, 2.75) is 43.0 Å². The minimum absolute atomic E-state index is 0.0675. The van der Waals surface area contributed by atoms with Crippen molar-refractivity contribution in [3.8, 4) is 11.5 Å². The maximum Gasteiger partial charge on any atom is 0.332 e. The van der Waals surface area contributed by atoms with Crippen LogP contribution < -0.4 is 4.74 Å². The van der Waals surface area contributed by atoms with E-state index in [0.29, 0.717) is 30.8 Å². The number of esters is 1. The zero-order chi connectivity index (χ0) is 28.8. The number of carbonyl (C=O) groups is 2. The summed E-state index contributed by atoms with van der Waals surface area (Å²) in [6.07, 6.45) is 3.34. The van der Waals surface area contributed by atoms with Crippen LogP contribution in [-0.2, 0) is 30.8 Å². The quantitative estimate of drug-likeness (QED) is 0.239. The number of aliphatic carboxylic acids is 1. The van der Waals surface area contributed by atoms with E-state index < -0.39 is 39.2 Å². The molecule has 1 saturated carbocycles. The van der Waals surface area contributed by atoms with Crippen LogP contribution in [0.15, 0.2) is 96.0 Å². The van der Waals surface area contributed by atoms with E-state index in [9.17, 15) is 27.5 Å². The van der Waals surface area contributed by atoms with Gasteiger partial charge in [0.2, 0.25) is 0 Å². The van der Waals surface area contributed by atoms with E-state index in [1.54, 1.807) is 6.92 Å². The second kappa shape index (κ2) is 12.3. The van der Waals surface area contributed by atoms with E-state index in [0.717, 1.165) is 22.1 Å². The Kier molecular flexibility index (Phi) is 8.89. The first-order chi connectivity index (χ1) is 19.2. The van der Waals surface area contributed by atoms with Crippen LogP contribution in [0.5, 0.6) is 11.5 Å². The number of hydrogen-bond donors (Lipinski definition) is 1. The molecule has 3 aromatic rings. The van der Waals surface area contributed by atoms with Gasteiger partial charge in [-0.1, -0.05) is 36.8 Å². The number of hydrogen-bond acceptors (Lipinski definition) is 6. The monoisotopic (exact) mass is 567 g/mol. The third kappa shape index (κ3) is 6.17. The average Bonchev–Trinajstić information content (AvgIpc) is 3.35. The lowest BCUT2D eigenvalue weighted by Gasteiger charge is -2.40. The predicted molar refractivity (Wildman–Crippen MR) is 146 cm³/mol. The molecule has 2 atom stereocenters. The standard InChI is InChI=1S/C30H30FNO7S/c1-2-38-28(33)18-20-32(30(29(34)35)19-6-9-23(30)21-22-7-4-3-5-8-22)40(36,37)27-16-14-26(15-17-27)39-25-12-10-24(31)11-13-25/h3-5,7-8,10-18,20,23H,2,6,9,19,21H2,1H3,(H,34,35). The summed E-state index contributed by atoms with van der Waals surface area (Å²) in [5, 5.41) is 10.6. The van der Waals surface area contributed by atoms with Crippen LogP contribution in [0, 0.1) is 11.7 Å². The topological polar surface area (TPSA) is 110 Å². The number of carbonyl (C=O) groups excluding carboxylic acids is 1. The molecule has 0 aliphatic heterocycles. The third-order valence-electron chi connectivity index (χ3n) is 6.94. The molecule has 0 aromatic heterocycles. The highest BCUT2D eigenvalue weighted by molar-refractivity contribution is 7.89. The van der Waals surface area contributed by atoms with Crippen LogP contribution in [-0.4, -0.2) is 41.9 Å². The Morgan fingerprint density at radius 3 is 2.25 bits per heavy atom. The average molecular weight is 568 g/mol. The molecule has 0 saturated heterocycles. The first-order valence-corrected chi connectivity index (χ1v) is 14.3. The lowest BCUT2D eigenvalue weighted by molar-refractivity contribution is -0.149. The maximum atomic E-state index is 14.1. The lowest BCUT2D eigenvalue weighted by atomic mass is 9.82. The summed E-state index contributed by atoms with van der Waals surface area (Å²) >= 11 is 0. The highest BCUT2D eigenvalue weighted by atomic mass is 32.2. The molecule has 210 valence electrons. The summed E-state index contributed by atoms with van der Waals surface area (Å²) in [6.45, 7) is 1.69. The largest absolute Gasteiger partial charge is 0.479 e. The summed E-state index contributed by atoms with van der Waals surface area (Å²) in [7, 11) is -4.47. The lowest BCUT2D eigenvalue weighted by Crippen LogP contribution is -2.57. The van der Waals surface area contributed by atoms with Gasteiger partial charge in [0.25, 0.3) is 10.0 Å². The number of carboxylic acid groups (broad SMARTS) is 1. The van der Waals surface area contributed by atoms with Gasteiger partial charge >= 0.3 is 11.9 Å². The molecular formula is C30H30FNO7S. The third-order valence-corrected chi connectivity index (χ3v) is 8.77. The Morgan fingerprint density at radius 2 is 1.65 bits per heavy atom. The van der Waals surface area contributed by atoms with Gasteiger partial charge in [-0.25, -0.2) is 22.4 Å². The fraction of sp³-hybridized carbons (Fsp3) is 0.267. The van der Waals surface area contributed by atoms with Gasteiger partial charge in [0.05, 0.1) is 11.5 Å². The van der Waals surface area contributed by atoms with Crippen LogP contribution in [0.1, 0.15) is 31.7 Å². The molecule has 10 heteroatoms. The van der Waals surface area contributed by atoms with E-state index in [4.69, 9.17) is 9.47 Å². The van der Waals surface area contributed by atoms with Gasteiger partial charge in [-0.15, -0.1) is 0 Å². The summed E-state index contributed by atoms with van der Waals surface area (Å²) in [6, 6.07) is 20.1. The zero-order valence-electron chi connectivity index (χ0n) is 21.9. The van der Waals surface area contributed by atoms with E-state index in [1.807, 2.05) is 30.3 Å². The normalized spacial score (nSPS) is 18.9. The number of carboxylic acids is 1. The SMILES string of the molecule is CCOC(=O)C=CN(C1(C(=O)O)CCCC1Cc1ccccc1)S(=O)(=O)c1ccc(Oc2ccc(F)cc2)cc1. The van der Waals surface area contributed by atoms with E-state index >= 15 is 0 Å². The highest BCUT2D eigenvalue weighted by Gasteiger charge is 2.56. The van der Waals surface area contributed by atoms with Crippen molar-refractivity contribution >= 4 is 22.0 Å². The predicted octanol–water partition coefficient (Wildman–Crippen LogP) is 5.55. The van der Waals surface area contributed by atoms with Crippen LogP contribution in [0.2, 0.25) is 0 Å². The number of nitrogens with zero attached hydrogens (tertiary/aromatic N) is 1. The first kappa shape index (κ1) is 28.8. The van der Waals surface area contributed by atoms with Crippen molar-refractivity contribution in [1.29, 1.82) is 0 Å². The number of benzene rings is 3. The number of rotatable bonds is 11. The Labute approximate surface area is 232 Å². The van der Waals surface area contributed by atoms with E-state index in [2.05, 4.69) is 0 Å². The zero-order valence-corrected chi connectivity index (χ0v) is 22.7. The number of halogens is 1. The molecule has 0 bridgehead atoms. The molecule has 0 amide bonds. The second-order valence-electron chi connectivity index (χ2n) is 9.40. The summed E-state index contributed by atoms with van der Waals surface area (Å²) in [4.78, 5) is 25.0. The molecule has 1 aliphatic carbocycles. The fourth-order valence-corrected chi connectivity index (χ4v) is 6.75. The Hall–Kier alpha value is -4.18. The van der Waals surface area contributed by atoms with E-state index in [-0.39, 0.29) is 17.9 Å². The first-order valence-electron chi connectivity index (χ1n) is 12.9. The van der Waals surface area contributed by atoms with Crippen molar-refractivity contribution in [1.82, 2.24) is 4.31 Å². The van der Waals surface area contributed by atoms with Gasteiger partial charge in [-0.05, 0) is 86.2 Å². The van der Waals surface area contributed by atoms with E-state index in [1.165, 1.54) is 48.5 Å². The molecule has 4 rings (SSSR count). The van der Waals surface area contributed by atoms with Gasteiger partial charge in [-0.2, -0.15) is 0 Å². The summed E-state index contributed by atoms with van der Waals surface area (Å²) < 4.78 is 52.8. The highest BCUT2D eigenvalue weighted by Crippen LogP contribution is 2.45. The second-order valence-corrected chi connectivity index (χ2v) is 11.2. The molecule has 2 unspecified atom stereocenters. The van der Waals surface area contributed by atoms with Crippen molar-refractivity contribution in [2.24, 2.45) is 5.92 Å².